The van der Waals surface area contributed by atoms with E-state index in [9.17, 15) is 13.2 Å². The second kappa shape index (κ2) is 10.0. The lowest BCUT2D eigenvalue weighted by molar-refractivity contribution is -0.114. The average Bonchev–Trinajstić information content (AvgIpc) is 2.75. The van der Waals surface area contributed by atoms with Gasteiger partial charge in [0.05, 0.1) is 17.2 Å². The van der Waals surface area contributed by atoms with Crippen LogP contribution in [-0.2, 0) is 14.8 Å². The molecule has 1 amide bonds. The number of carbonyl (C=O) groups excluding carboxylic acids is 1. The third kappa shape index (κ3) is 5.70. The molecule has 0 aliphatic rings. The molecule has 6 nitrogen and oxygen atoms in total. The Bertz CT molecular complexity index is 1150. The van der Waals surface area contributed by atoms with Gasteiger partial charge in [0.2, 0.25) is 5.91 Å². The van der Waals surface area contributed by atoms with Crippen LogP contribution in [0.5, 0.6) is 5.75 Å². The summed E-state index contributed by atoms with van der Waals surface area (Å²) in [6.07, 6.45) is 0. The quantitative estimate of drug-likeness (QED) is 0.480. The smallest absolute Gasteiger partial charge is 0.264 e. The van der Waals surface area contributed by atoms with E-state index in [1.165, 1.54) is 24.3 Å². The van der Waals surface area contributed by atoms with E-state index in [0.717, 1.165) is 4.31 Å². The zero-order valence-electron chi connectivity index (χ0n) is 16.6. The summed E-state index contributed by atoms with van der Waals surface area (Å²) in [5.74, 6) is -0.173. The predicted molar refractivity (Wildman–Crippen MR) is 124 cm³/mol. The molecule has 31 heavy (non-hydrogen) atoms. The Labute approximate surface area is 191 Å². The molecule has 3 aromatic rings. The first-order chi connectivity index (χ1) is 14.8. The summed E-state index contributed by atoms with van der Waals surface area (Å²) in [5.41, 5.74) is 0.752. The van der Waals surface area contributed by atoms with Crippen molar-refractivity contribution in [1.29, 1.82) is 0 Å². The lowest BCUT2D eigenvalue weighted by Crippen LogP contribution is -2.38. The number of nitrogens with zero attached hydrogens (tertiary/aromatic N) is 1. The Kier molecular flexibility index (Phi) is 7.43. The number of hydrogen-bond acceptors (Lipinski definition) is 4. The molecular weight excluding hydrogens is 459 g/mol. The van der Waals surface area contributed by atoms with Crippen molar-refractivity contribution in [3.05, 3.63) is 82.8 Å². The van der Waals surface area contributed by atoms with Crippen LogP contribution in [0.1, 0.15) is 6.92 Å². The number of para-hydroxylation sites is 2. The van der Waals surface area contributed by atoms with E-state index in [4.69, 9.17) is 27.9 Å². The van der Waals surface area contributed by atoms with Gasteiger partial charge in [0, 0.05) is 15.7 Å². The van der Waals surface area contributed by atoms with Crippen LogP contribution in [0, 0.1) is 0 Å². The Balaban J connectivity index is 1.99. The van der Waals surface area contributed by atoms with E-state index >= 15 is 0 Å². The maximum atomic E-state index is 13.5. The first kappa shape index (κ1) is 22.9. The fraction of sp³-hybridized carbons (Fsp3) is 0.136. The van der Waals surface area contributed by atoms with Crippen LogP contribution in [0.3, 0.4) is 0 Å². The van der Waals surface area contributed by atoms with Crippen LogP contribution in [0.15, 0.2) is 77.7 Å². The molecule has 0 aromatic heterocycles. The summed E-state index contributed by atoms with van der Waals surface area (Å²) in [6, 6.07) is 18.9. The third-order valence-electron chi connectivity index (χ3n) is 4.25. The second-order valence-corrected chi connectivity index (χ2v) is 9.16. The molecule has 0 aliphatic carbocycles. The number of hydrogen-bond donors (Lipinski definition) is 1. The molecule has 0 saturated carbocycles. The Hall–Kier alpha value is -2.74. The Morgan fingerprint density at radius 1 is 0.935 bits per heavy atom. The number of amides is 1. The first-order valence-corrected chi connectivity index (χ1v) is 11.6. The van der Waals surface area contributed by atoms with Crippen molar-refractivity contribution in [2.24, 2.45) is 0 Å². The van der Waals surface area contributed by atoms with Crippen LogP contribution >= 0.6 is 23.2 Å². The Morgan fingerprint density at radius 3 is 2.13 bits per heavy atom. The van der Waals surface area contributed by atoms with Gasteiger partial charge in [0.25, 0.3) is 10.0 Å². The summed E-state index contributed by atoms with van der Waals surface area (Å²) >= 11 is 11.8. The number of nitrogens with one attached hydrogen (secondary N) is 1. The summed E-state index contributed by atoms with van der Waals surface area (Å²) in [7, 11) is -4.09. The van der Waals surface area contributed by atoms with Crippen molar-refractivity contribution in [3.8, 4) is 5.75 Å². The van der Waals surface area contributed by atoms with Gasteiger partial charge in [-0.1, -0.05) is 35.3 Å². The number of benzene rings is 3. The fourth-order valence-corrected chi connectivity index (χ4v) is 4.52. The highest BCUT2D eigenvalue weighted by Crippen LogP contribution is 2.32. The van der Waals surface area contributed by atoms with E-state index < -0.39 is 22.5 Å². The molecule has 9 heteroatoms. The maximum absolute atomic E-state index is 13.5. The van der Waals surface area contributed by atoms with Crippen molar-refractivity contribution in [3.63, 3.8) is 0 Å². The lowest BCUT2D eigenvalue weighted by Gasteiger charge is -2.26. The van der Waals surface area contributed by atoms with Gasteiger partial charge in [-0.25, -0.2) is 8.42 Å². The fourth-order valence-electron chi connectivity index (χ4n) is 2.84. The lowest BCUT2D eigenvalue weighted by atomic mass is 10.3. The van der Waals surface area contributed by atoms with E-state index in [-0.39, 0.29) is 10.6 Å². The number of sulfonamides is 1. The SMILES string of the molecule is CCOc1ccccc1N(CC(=O)Nc1ccc(Cl)cc1)S(=O)(=O)c1ccc(Cl)cc1. The molecule has 0 spiro atoms. The van der Waals surface area contributed by atoms with Gasteiger partial charge < -0.3 is 10.1 Å². The molecule has 3 aromatic carbocycles. The number of anilines is 2. The van der Waals surface area contributed by atoms with E-state index in [1.807, 2.05) is 0 Å². The largest absolute Gasteiger partial charge is 0.492 e. The van der Waals surface area contributed by atoms with Gasteiger partial charge in [0.15, 0.2) is 0 Å². The van der Waals surface area contributed by atoms with Crippen molar-refractivity contribution in [2.75, 3.05) is 22.8 Å². The Morgan fingerprint density at radius 2 is 1.52 bits per heavy atom. The molecule has 0 saturated heterocycles. The molecule has 0 aliphatic heterocycles. The first-order valence-electron chi connectivity index (χ1n) is 9.37. The minimum Gasteiger partial charge on any atom is -0.492 e. The van der Waals surface area contributed by atoms with Gasteiger partial charge in [-0.3, -0.25) is 9.10 Å². The molecule has 0 bridgehead atoms. The van der Waals surface area contributed by atoms with Crippen molar-refractivity contribution in [2.45, 2.75) is 11.8 Å². The minimum atomic E-state index is -4.09. The highest BCUT2D eigenvalue weighted by Gasteiger charge is 2.29. The van der Waals surface area contributed by atoms with E-state index in [2.05, 4.69) is 5.32 Å². The number of halogens is 2. The molecule has 0 atom stereocenters. The molecule has 0 radical (unpaired) electrons. The van der Waals surface area contributed by atoms with Gasteiger partial charge >= 0.3 is 0 Å². The zero-order valence-corrected chi connectivity index (χ0v) is 18.9. The normalized spacial score (nSPS) is 11.1. The number of rotatable bonds is 8. The van der Waals surface area contributed by atoms with E-state index in [1.54, 1.807) is 55.5 Å². The third-order valence-corrected chi connectivity index (χ3v) is 6.53. The van der Waals surface area contributed by atoms with Gasteiger partial charge in [-0.15, -0.1) is 0 Å². The summed E-state index contributed by atoms with van der Waals surface area (Å²) in [5, 5.41) is 3.62. The van der Waals surface area contributed by atoms with E-state index in [0.29, 0.717) is 28.1 Å². The van der Waals surface area contributed by atoms with Crippen LogP contribution in [0.25, 0.3) is 0 Å². The van der Waals surface area contributed by atoms with Gasteiger partial charge in [0.1, 0.15) is 12.3 Å². The molecule has 1 N–H and O–H groups in total. The zero-order chi connectivity index (χ0) is 22.4. The summed E-state index contributed by atoms with van der Waals surface area (Å²) in [4.78, 5) is 12.8. The number of ether oxygens (including phenoxy) is 1. The number of carbonyl (C=O) groups is 1. The standard InChI is InChI=1S/C22H20Cl2N2O4S/c1-2-30-21-6-4-3-5-20(21)26(31(28,29)19-13-9-17(24)10-14-19)15-22(27)25-18-11-7-16(23)8-12-18/h3-14H,2,15H2,1H3,(H,25,27). The monoisotopic (exact) mass is 478 g/mol. The minimum absolute atomic E-state index is 0.00231. The van der Waals surface area contributed by atoms with Crippen molar-refractivity contribution < 1.29 is 17.9 Å². The summed E-state index contributed by atoms with van der Waals surface area (Å²) in [6.45, 7) is 1.67. The molecule has 0 heterocycles. The average molecular weight is 479 g/mol. The highest BCUT2D eigenvalue weighted by atomic mass is 35.5. The predicted octanol–water partition coefficient (Wildman–Crippen LogP) is 5.23. The molecule has 3 rings (SSSR count). The van der Waals surface area contributed by atoms with Crippen LogP contribution < -0.4 is 14.4 Å². The highest BCUT2D eigenvalue weighted by molar-refractivity contribution is 7.92. The van der Waals surface area contributed by atoms with Gasteiger partial charge in [-0.2, -0.15) is 0 Å². The maximum Gasteiger partial charge on any atom is 0.264 e. The van der Waals surface area contributed by atoms with Crippen LogP contribution in [-0.4, -0.2) is 27.5 Å². The van der Waals surface area contributed by atoms with Crippen LogP contribution in [0.4, 0.5) is 11.4 Å². The molecule has 162 valence electrons. The van der Waals surface area contributed by atoms with Crippen molar-refractivity contribution in [1.82, 2.24) is 0 Å². The van der Waals surface area contributed by atoms with Crippen LogP contribution in [0.2, 0.25) is 10.0 Å². The summed E-state index contributed by atoms with van der Waals surface area (Å²) < 4.78 is 33.6. The second-order valence-electron chi connectivity index (χ2n) is 6.42. The van der Waals surface area contributed by atoms with Crippen molar-refractivity contribution >= 4 is 50.5 Å². The topological polar surface area (TPSA) is 75.7 Å². The molecular formula is C22H20Cl2N2O4S. The molecule has 0 unspecified atom stereocenters. The molecule has 0 fully saturated rings. The van der Waals surface area contributed by atoms with Gasteiger partial charge in [-0.05, 0) is 67.6 Å².